The van der Waals surface area contributed by atoms with E-state index >= 15 is 0 Å². The molecule has 1 saturated heterocycles. The lowest BCUT2D eigenvalue weighted by molar-refractivity contribution is 0.158. The third-order valence-corrected chi connectivity index (χ3v) is 3.49. The molecule has 0 saturated carbocycles. The van der Waals surface area contributed by atoms with E-state index in [-0.39, 0.29) is 24.0 Å². The lowest BCUT2D eigenvalue weighted by Crippen LogP contribution is -2.45. The van der Waals surface area contributed by atoms with Crippen LogP contribution in [0.3, 0.4) is 0 Å². The zero-order chi connectivity index (χ0) is 13.0. The zero-order valence-electron chi connectivity index (χ0n) is 11.2. The quantitative estimate of drug-likeness (QED) is 0.916. The Labute approximate surface area is 119 Å². The first-order valence-corrected chi connectivity index (χ1v) is 6.62. The lowest BCUT2D eigenvalue weighted by Gasteiger charge is -2.35. The molecule has 1 heterocycles. The van der Waals surface area contributed by atoms with Gasteiger partial charge in [0.1, 0.15) is 11.6 Å². The fourth-order valence-electron chi connectivity index (χ4n) is 2.61. The van der Waals surface area contributed by atoms with Crippen LogP contribution in [0.5, 0.6) is 0 Å². The fourth-order valence-corrected chi connectivity index (χ4v) is 2.61. The van der Waals surface area contributed by atoms with Crippen molar-refractivity contribution in [3.63, 3.8) is 0 Å². The van der Waals surface area contributed by atoms with Crippen LogP contribution in [0.4, 0.5) is 8.78 Å². The van der Waals surface area contributed by atoms with Crippen LogP contribution in [0.15, 0.2) is 18.2 Å². The standard InChI is InChI=1S/C14H20F2N2.ClH/c1-2-4-13(18-9-7-17-8-10-18)14-11(15)5-3-6-12(14)16;/h3,5-6,13,17H,2,4,7-10H2,1H3;1H/t13-;/m1./s1. The van der Waals surface area contributed by atoms with E-state index in [4.69, 9.17) is 0 Å². The molecule has 108 valence electrons. The van der Waals surface area contributed by atoms with Crippen molar-refractivity contribution in [2.24, 2.45) is 0 Å². The predicted molar refractivity (Wildman–Crippen MR) is 75.7 cm³/mol. The van der Waals surface area contributed by atoms with E-state index in [0.717, 1.165) is 39.0 Å². The number of hydrogen-bond donors (Lipinski definition) is 1. The zero-order valence-corrected chi connectivity index (χ0v) is 12.0. The molecule has 2 nitrogen and oxygen atoms in total. The maximum absolute atomic E-state index is 13.9. The molecule has 1 atom stereocenters. The largest absolute Gasteiger partial charge is 0.314 e. The Balaban J connectivity index is 0.00000180. The van der Waals surface area contributed by atoms with Crippen molar-refractivity contribution < 1.29 is 8.78 Å². The summed E-state index contributed by atoms with van der Waals surface area (Å²) < 4.78 is 27.8. The number of piperazine rings is 1. The highest BCUT2D eigenvalue weighted by atomic mass is 35.5. The van der Waals surface area contributed by atoms with Gasteiger partial charge in [0.15, 0.2) is 0 Å². The van der Waals surface area contributed by atoms with Gasteiger partial charge in [-0.15, -0.1) is 12.4 Å². The number of hydrogen-bond acceptors (Lipinski definition) is 2. The minimum absolute atomic E-state index is 0. The molecule has 5 heteroatoms. The molecule has 1 fully saturated rings. The molecule has 0 bridgehead atoms. The molecule has 0 spiro atoms. The van der Waals surface area contributed by atoms with E-state index in [1.807, 2.05) is 6.92 Å². The van der Waals surface area contributed by atoms with Crippen molar-refractivity contribution in [1.82, 2.24) is 10.2 Å². The summed E-state index contributed by atoms with van der Waals surface area (Å²) in [4.78, 5) is 2.18. The van der Waals surface area contributed by atoms with Gasteiger partial charge in [0.25, 0.3) is 0 Å². The minimum atomic E-state index is -0.424. The Morgan fingerprint density at radius 3 is 2.32 bits per heavy atom. The lowest BCUT2D eigenvalue weighted by atomic mass is 9.98. The molecule has 1 N–H and O–H groups in total. The predicted octanol–water partition coefficient (Wildman–Crippen LogP) is 3.13. The van der Waals surface area contributed by atoms with E-state index < -0.39 is 11.6 Å². The molecule has 19 heavy (non-hydrogen) atoms. The second-order valence-electron chi connectivity index (χ2n) is 4.73. The maximum atomic E-state index is 13.9. The van der Waals surface area contributed by atoms with E-state index in [2.05, 4.69) is 10.2 Å². The molecular weight excluding hydrogens is 270 g/mol. The molecule has 0 amide bonds. The average Bonchev–Trinajstić information content (AvgIpc) is 2.38. The Hall–Kier alpha value is -0.710. The summed E-state index contributed by atoms with van der Waals surface area (Å²) in [6, 6.07) is 3.99. The monoisotopic (exact) mass is 290 g/mol. The minimum Gasteiger partial charge on any atom is -0.314 e. The van der Waals surface area contributed by atoms with Crippen LogP contribution in [0.2, 0.25) is 0 Å². The van der Waals surface area contributed by atoms with Crippen LogP contribution in [0.25, 0.3) is 0 Å². The van der Waals surface area contributed by atoms with E-state index in [1.165, 1.54) is 18.2 Å². The van der Waals surface area contributed by atoms with Crippen molar-refractivity contribution in [3.8, 4) is 0 Å². The van der Waals surface area contributed by atoms with Crippen molar-refractivity contribution in [3.05, 3.63) is 35.4 Å². The SMILES string of the molecule is CCC[C@H](c1c(F)cccc1F)N1CCNCC1.Cl. The molecule has 0 unspecified atom stereocenters. The molecule has 1 aromatic rings. The number of rotatable bonds is 4. The van der Waals surface area contributed by atoms with Gasteiger partial charge in [-0.25, -0.2) is 8.78 Å². The van der Waals surface area contributed by atoms with Crippen LogP contribution in [-0.4, -0.2) is 31.1 Å². The molecule has 0 aliphatic carbocycles. The van der Waals surface area contributed by atoms with Crippen molar-refractivity contribution in [1.29, 1.82) is 0 Å². The topological polar surface area (TPSA) is 15.3 Å². The Morgan fingerprint density at radius 1 is 1.21 bits per heavy atom. The number of halogens is 3. The summed E-state index contributed by atoms with van der Waals surface area (Å²) in [6.45, 7) is 5.51. The summed E-state index contributed by atoms with van der Waals surface area (Å²) in [6.07, 6.45) is 1.71. The van der Waals surface area contributed by atoms with E-state index in [1.54, 1.807) is 0 Å². The molecule has 1 aromatic carbocycles. The van der Waals surface area contributed by atoms with Crippen LogP contribution in [0.1, 0.15) is 31.4 Å². The second-order valence-corrected chi connectivity index (χ2v) is 4.73. The van der Waals surface area contributed by atoms with Gasteiger partial charge < -0.3 is 5.32 Å². The summed E-state index contributed by atoms with van der Waals surface area (Å²) in [5.41, 5.74) is 0.237. The maximum Gasteiger partial charge on any atom is 0.130 e. The van der Waals surface area contributed by atoms with Gasteiger partial charge in [0.2, 0.25) is 0 Å². The highest BCUT2D eigenvalue weighted by molar-refractivity contribution is 5.85. The van der Waals surface area contributed by atoms with Crippen molar-refractivity contribution >= 4 is 12.4 Å². The Morgan fingerprint density at radius 2 is 1.79 bits per heavy atom. The normalized spacial score (nSPS) is 17.8. The molecule has 1 aliphatic rings. The summed E-state index contributed by atoms with van der Waals surface area (Å²) in [5.74, 6) is -0.848. The Bertz CT molecular complexity index is 375. The summed E-state index contributed by atoms with van der Waals surface area (Å²) >= 11 is 0. The van der Waals surface area contributed by atoms with Gasteiger partial charge in [-0.1, -0.05) is 19.4 Å². The van der Waals surface area contributed by atoms with Gasteiger partial charge in [0.05, 0.1) is 0 Å². The summed E-state index contributed by atoms with van der Waals surface area (Å²) in [5, 5.41) is 3.26. The molecule has 0 radical (unpaired) electrons. The fraction of sp³-hybridized carbons (Fsp3) is 0.571. The average molecular weight is 291 g/mol. The number of nitrogens with one attached hydrogen (secondary N) is 1. The first-order valence-electron chi connectivity index (χ1n) is 6.62. The molecule has 0 aromatic heterocycles. The summed E-state index contributed by atoms with van der Waals surface area (Å²) in [7, 11) is 0. The Kier molecular flexibility index (Phi) is 6.69. The highest BCUT2D eigenvalue weighted by Gasteiger charge is 2.26. The van der Waals surface area contributed by atoms with Crippen molar-refractivity contribution in [2.45, 2.75) is 25.8 Å². The van der Waals surface area contributed by atoms with Crippen LogP contribution in [-0.2, 0) is 0 Å². The first kappa shape index (κ1) is 16.3. The van der Waals surface area contributed by atoms with E-state index in [0.29, 0.717) is 0 Å². The van der Waals surface area contributed by atoms with Gasteiger partial charge >= 0.3 is 0 Å². The third kappa shape index (κ3) is 3.88. The van der Waals surface area contributed by atoms with Gasteiger partial charge in [-0.3, -0.25) is 4.90 Å². The molecule has 1 aliphatic heterocycles. The van der Waals surface area contributed by atoms with Gasteiger partial charge in [-0.05, 0) is 18.6 Å². The number of benzene rings is 1. The van der Waals surface area contributed by atoms with Crippen LogP contribution in [0, 0.1) is 11.6 Å². The molecular formula is C14H21ClF2N2. The highest BCUT2D eigenvalue weighted by Crippen LogP contribution is 2.30. The van der Waals surface area contributed by atoms with Gasteiger partial charge in [0, 0.05) is 37.8 Å². The van der Waals surface area contributed by atoms with Crippen LogP contribution >= 0.6 is 12.4 Å². The van der Waals surface area contributed by atoms with Crippen molar-refractivity contribution in [2.75, 3.05) is 26.2 Å². The smallest absolute Gasteiger partial charge is 0.130 e. The number of nitrogens with zero attached hydrogens (tertiary/aromatic N) is 1. The second kappa shape index (κ2) is 7.78. The van der Waals surface area contributed by atoms with Crippen LogP contribution < -0.4 is 5.32 Å². The first-order chi connectivity index (χ1) is 8.74. The van der Waals surface area contributed by atoms with E-state index in [9.17, 15) is 8.78 Å². The third-order valence-electron chi connectivity index (χ3n) is 3.49. The molecule has 2 rings (SSSR count). The van der Waals surface area contributed by atoms with Gasteiger partial charge in [-0.2, -0.15) is 0 Å².